The van der Waals surface area contributed by atoms with Crippen molar-refractivity contribution in [2.24, 2.45) is 0 Å². The molecule has 7 nitrogen and oxygen atoms in total. The molecule has 31 heavy (non-hydrogen) atoms. The highest BCUT2D eigenvalue weighted by molar-refractivity contribution is 6.30. The van der Waals surface area contributed by atoms with Crippen LogP contribution in [0, 0.1) is 18.7 Å². The van der Waals surface area contributed by atoms with Crippen molar-refractivity contribution in [2.75, 3.05) is 16.8 Å². The normalized spacial score (nSPS) is 15.2. The fraction of sp³-hybridized carbons (Fsp3) is 0.190. The van der Waals surface area contributed by atoms with Gasteiger partial charge in [0.2, 0.25) is 17.8 Å². The van der Waals surface area contributed by atoms with Gasteiger partial charge in [-0.05, 0) is 38.1 Å². The van der Waals surface area contributed by atoms with Gasteiger partial charge in [0.15, 0.2) is 0 Å². The summed E-state index contributed by atoms with van der Waals surface area (Å²) in [7, 11) is 0. The molecule has 0 aliphatic carbocycles. The zero-order valence-electron chi connectivity index (χ0n) is 16.5. The van der Waals surface area contributed by atoms with E-state index in [0.717, 1.165) is 6.07 Å². The van der Waals surface area contributed by atoms with Crippen LogP contribution in [0.4, 0.5) is 20.2 Å². The van der Waals surface area contributed by atoms with E-state index < -0.39 is 36.0 Å². The number of rotatable bonds is 3. The molecule has 4 rings (SSSR count). The van der Waals surface area contributed by atoms with E-state index in [0.29, 0.717) is 11.4 Å². The molecule has 1 N–H and O–H groups in total. The van der Waals surface area contributed by atoms with E-state index in [1.807, 2.05) is 0 Å². The molecule has 1 atom stereocenters. The van der Waals surface area contributed by atoms with Gasteiger partial charge in [0, 0.05) is 23.8 Å². The number of pyridine rings is 1. The van der Waals surface area contributed by atoms with Crippen molar-refractivity contribution in [3.05, 3.63) is 64.8 Å². The molecular weight excluding hydrogens is 428 g/mol. The summed E-state index contributed by atoms with van der Waals surface area (Å²) in [6.07, 6.45) is 2.82. The van der Waals surface area contributed by atoms with Gasteiger partial charge in [0.25, 0.3) is 0 Å². The van der Waals surface area contributed by atoms with Gasteiger partial charge in [-0.3, -0.25) is 19.6 Å². The Hall–Kier alpha value is -3.46. The summed E-state index contributed by atoms with van der Waals surface area (Å²) in [6.45, 7) is 2.76. The minimum absolute atomic E-state index is 0.00302. The van der Waals surface area contributed by atoms with Gasteiger partial charge in [-0.2, -0.15) is 4.39 Å². The topological polar surface area (TPSA) is 88.1 Å². The van der Waals surface area contributed by atoms with Gasteiger partial charge in [-0.1, -0.05) is 11.6 Å². The van der Waals surface area contributed by atoms with Crippen LogP contribution in [-0.2, 0) is 9.59 Å². The molecule has 2 aromatic heterocycles. The standard InChI is InChI=1S/C21H16ClF2N5O2/c1-10-7-15-17(20(24)27-10)19-18(25-5-6-26-19)11(2)21(31)29(15)9-16(30)28-12-3-4-13(22)14(23)8-12/h3-8,11H,9H2,1-2H3,(H,28,30). The third-order valence-corrected chi connectivity index (χ3v) is 5.19. The summed E-state index contributed by atoms with van der Waals surface area (Å²) in [4.78, 5) is 39.4. The number of carbonyl (C=O) groups is 2. The van der Waals surface area contributed by atoms with Gasteiger partial charge in [-0.25, -0.2) is 9.37 Å². The number of hydrogen-bond acceptors (Lipinski definition) is 5. The lowest BCUT2D eigenvalue weighted by molar-refractivity contribution is -0.122. The van der Waals surface area contributed by atoms with Gasteiger partial charge >= 0.3 is 0 Å². The van der Waals surface area contributed by atoms with E-state index in [2.05, 4.69) is 20.3 Å². The highest BCUT2D eigenvalue weighted by Crippen LogP contribution is 2.40. The Bertz CT molecular complexity index is 1220. The van der Waals surface area contributed by atoms with Crippen molar-refractivity contribution in [2.45, 2.75) is 19.8 Å². The zero-order chi connectivity index (χ0) is 22.3. The van der Waals surface area contributed by atoms with Crippen LogP contribution in [0.25, 0.3) is 11.3 Å². The number of hydrogen-bond donors (Lipinski definition) is 1. The second-order valence-electron chi connectivity index (χ2n) is 7.06. The molecule has 3 aromatic rings. The van der Waals surface area contributed by atoms with Crippen LogP contribution in [0.3, 0.4) is 0 Å². The number of nitrogens with zero attached hydrogens (tertiary/aromatic N) is 4. The molecule has 0 bridgehead atoms. The third kappa shape index (κ3) is 3.84. The maximum Gasteiger partial charge on any atom is 0.244 e. The first kappa shape index (κ1) is 20.8. The molecule has 1 unspecified atom stereocenters. The lowest BCUT2D eigenvalue weighted by Crippen LogP contribution is -2.40. The Balaban J connectivity index is 1.75. The van der Waals surface area contributed by atoms with Crippen molar-refractivity contribution < 1.29 is 18.4 Å². The SMILES string of the molecule is Cc1cc2c(c(F)n1)-c1nccnc1C(C)C(=O)N2CC(=O)Nc1ccc(Cl)c(F)c1. The Labute approximate surface area is 181 Å². The zero-order valence-corrected chi connectivity index (χ0v) is 17.2. The van der Waals surface area contributed by atoms with Crippen LogP contribution in [0.5, 0.6) is 0 Å². The van der Waals surface area contributed by atoms with E-state index in [1.165, 1.54) is 35.5 Å². The first-order valence-electron chi connectivity index (χ1n) is 9.31. The minimum atomic E-state index is -0.816. The number of nitrogens with one attached hydrogen (secondary N) is 1. The second-order valence-corrected chi connectivity index (χ2v) is 7.47. The second kappa shape index (κ2) is 7.99. The van der Waals surface area contributed by atoms with Gasteiger partial charge in [0.05, 0.1) is 33.6 Å². The van der Waals surface area contributed by atoms with Crippen LogP contribution in [0.2, 0.25) is 5.02 Å². The molecular formula is C21H16ClF2N5O2. The lowest BCUT2D eigenvalue weighted by Gasteiger charge is -2.24. The van der Waals surface area contributed by atoms with E-state index >= 15 is 0 Å². The van der Waals surface area contributed by atoms with Gasteiger partial charge < -0.3 is 10.2 Å². The summed E-state index contributed by atoms with van der Waals surface area (Å²) < 4.78 is 28.6. The third-order valence-electron chi connectivity index (χ3n) is 4.89. The van der Waals surface area contributed by atoms with E-state index in [9.17, 15) is 18.4 Å². The lowest BCUT2D eigenvalue weighted by atomic mass is 10.0. The van der Waals surface area contributed by atoms with Crippen LogP contribution in [0.15, 0.2) is 36.7 Å². The molecule has 1 aromatic carbocycles. The summed E-state index contributed by atoms with van der Waals surface area (Å²) in [5, 5.41) is 2.44. The Kier molecular flexibility index (Phi) is 5.36. The van der Waals surface area contributed by atoms with Crippen molar-refractivity contribution in [3.63, 3.8) is 0 Å². The van der Waals surface area contributed by atoms with E-state index in [4.69, 9.17) is 11.6 Å². The summed E-state index contributed by atoms with van der Waals surface area (Å²) >= 11 is 5.66. The van der Waals surface area contributed by atoms with Crippen LogP contribution in [0.1, 0.15) is 24.2 Å². The van der Waals surface area contributed by atoms with Crippen molar-refractivity contribution >= 4 is 34.8 Å². The van der Waals surface area contributed by atoms with Crippen molar-refractivity contribution in [3.8, 4) is 11.3 Å². The Morgan fingerprint density at radius 3 is 2.71 bits per heavy atom. The molecule has 2 amide bonds. The molecule has 1 aliphatic heterocycles. The average molecular weight is 444 g/mol. The van der Waals surface area contributed by atoms with Crippen LogP contribution < -0.4 is 10.2 Å². The Morgan fingerprint density at radius 2 is 1.97 bits per heavy atom. The smallest absolute Gasteiger partial charge is 0.244 e. The van der Waals surface area contributed by atoms with Gasteiger partial charge in [-0.15, -0.1) is 0 Å². The molecule has 1 aliphatic rings. The molecule has 3 heterocycles. The maximum atomic E-state index is 14.9. The quantitative estimate of drug-likeness (QED) is 0.621. The Morgan fingerprint density at radius 1 is 1.23 bits per heavy atom. The molecule has 158 valence electrons. The molecule has 0 spiro atoms. The predicted octanol–water partition coefficient (Wildman–Crippen LogP) is 3.87. The maximum absolute atomic E-state index is 14.9. The van der Waals surface area contributed by atoms with E-state index in [-0.39, 0.29) is 27.7 Å². The summed E-state index contributed by atoms with van der Waals surface area (Å²) in [5.74, 6) is -3.35. The summed E-state index contributed by atoms with van der Waals surface area (Å²) in [5.41, 5.74) is 1.16. The van der Waals surface area contributed by atoms with Crippen molar-refractivity contribution in [1.29, 1.82) is 0 Å². The number of fused-ring (bicyclic) bond motifs is 3. The van der Waals surface area contributed by atoms with Crippen LogP contribution >= 0.6 is 11.6 Å². The fourth-order valence-corrected chi connectivity index (χ4v) is 3.58. The minimum Gasteiger partial charge on any atom is -0.324 e. The predicted molar refractivity (Wildman–Crippen MR) is 111 cm³/mol. The largest absolute Gasteiger partial charge is 0.324 e. The first-order chi connectivity index (χ1) is 14.8. The number of aryl methyl sites for hydroxylation is 1. The highest BCUT2D eigenvalue weighted by Gasteiger charge is 2.36. The molecule has 0 saturated carbocycles. The monoisotopic (exact) mass is 443 g/mol. The number of carbonyl (C=O) groups excluding carboxylic acids is 2. The van der Waals surface area contributed by atoms with Gasteiger partial charge in [0.1, 0.15) is 12.4 Å². The molecule has 10 heteroatoms. The number of aromatic nitrogens is 3. The number of amides is 2. The average Bonchev–Trinajstić information content (AvgIpc) is 2.80. The number of anilines is 2. The van der Waals surface area contributed by atoms with E-state index in [1.54, 1.807) is 13.8 Å². The molecule has 0 fully saturated rings. The summed E-state index contributed by atoms with van der Waals surface area (Å²) in [6, 6.07) is 5.32. The molecule has 0 saturated heterocycles. The number of halogens is 3. The first-order valence-corrected chi connectivity index (χ1v) is 9.68. The van der Waals surface area contributed by atoms with Crippen molar-refractivity contribution in [1.82, 2.24) is 15.0 Å². The molecule has 0 radical (unpaired) electrons. The highest BCUT2D eigenvalue weighted by atomic mass is 35.5. The fourth-order valence-electron chi connectivity index (χ4n) is 3.46. The van der Waals surface area contributed by atoms with Crippen LogP contribution in [-0.4, -0.2) is 33.3 Å². The number of benzene rings is 1.